The predicted octanol–water partition coefficient (Wildman–Crippen LogP) is 1.47. The number of phenols is 1. The van der Waals surface area contributed by atoms with Crippen molar-refractivity contribution in [2.24, 2.45) is 0 Å². The van der Waals surface area contributed by atoms with Gasteiger partial charge in [-0.1, -0.05) is 6.07 Å². The first-order valence-electron chi connectivity index (χ1n) is 13.8. The van der Waals surface area contributed by atoms with E-state index in [-0.39, 0.29) is 28.9 Å². The number of aliphatic hydroxyl groups excluding tert-OH is 1. The molecule has 3 rings (SSSR count). The van der Waals surface area contributed by atoms with Crippen LogP contribution in [0.5, 0.6) is 5.75 Å². The number of aliphatic carboxylic acids is 1. The number of ether oxygens (including phenoxy) is 1. The number of aromatic hydroxyl groups is 1. The Balaban J connectivity index is 1.57. The number of carbonyl (C=O) groups excluding carboxylic acids is 1. The minimum atomic E-state index is -4.30. The lowest BCUT2D eigenvalue weighted by Crippen LogP contribution is -2.43. The summed E-state index contributed by atoms with van der Waals surface area (Å²) >= 11 is 0. The van der Waals surface area contributed by atoms with Gasteiger partial charge in [0, 0.05) is 31.4 Å². The molecular formula is C28H40N4O10S2. The van der Waals surface area contributed by atoms with E-state index in [9.17, 15) is 41.7 Å². The van der Waals surface area contributed by atoms with Gasteiger partial charge in [-0.05, 0) is 75.6 Å². The highest BCUT2D eigenvalue weighted by Crippen LogP contribution is 2.28. The quantitative estimate of drug-likeness (QED) is 0.154. The Labute approximate surface area is 257 Å². The summed E-state index contributed by atoms with van der Waals surface area (Å²) in [5.41, 5.74) is 0.320. The summed E-state index contributed by atoms with van der Waals surface area (Å²) in [7, 11) is -7.91. The molecule has 1 aliphatic rings. The Morgan fingerprint density at radius 1 is 1.05 bits per heavy atom. The van der Waals surface area contributed by atoms with Crippen molar-refractivity contribution in [3.63, 3.8) is 0 Å². The standard InChI is InChI=1S/C28H40N4O10S2/c1-28(2,3)42-27(37)18-32(17-26(35)36)44(40,41)22-8-6-21(7-9-22)31-13-11-20(12-14-31)29-16-25(34)19-5-10-24(33)23(15-19)30-43(4,38)39/h5-10,15,20,25,29-30,33-34H,11-14,16-18H2,1-4H3,(H,35,36)/t25-/m0/s1. The molecule has 1 atom stereocenters. The molecule has 14 nitrogen and oxygen atoms in total. The number of nitrogens with one attached hydrogen (secondary N) is 2. The van der Waals surface area contributed by atoms with Crippen LogP contribution >= 0.6 is 0 Å². The summed E-state index contributed by atoms with van der Waals surface area (Å²) in [6, 6.07) is 10.3. The van der Waals surface area contributed by atoms with E-state index in [2.05, 4.69) is 14.9 Å². The van der Waals surface area contributed by atoms with Crippen LogP contribution in [0, 0.1) is 0 Å². The molecule has 5 N–H and O–H groups in total. The molecule has 1 saturated heterocycles. The number of carboxylic acids is 1. The molecular weight excluding hydrogens is 616 g/mol. The third-order valence-corrected chi connectivity index (χ3v) is 9.07. The SMILES string of the molecule is CC(C)(C)OC(=O)CN(CC(=O)O)S(=O)(=O)c1ccc(N2CCC(NC[C@H](O)c3ccc(O)c(NS(C)(=O)=O)c3)CC2)cc1. The van der Waals surface area contributed by atoms with Gasteiger partial charge in [-0.25, -0.2) is 16.8 Å². The van der Waals surface area contributed by atoms with Crippen molar-refractivity contribution in [3.05, 3.63) is 48.0 Å². The minimum absolute atomic E-state index is 0.0196. The molecule has 1 aliphatic heterocycles. The van der Waals surface area contributed by atoms with Crippen LogP contribution in [0.25, 0.3) is 0 Å². The molecule has 44 heavy (non-hydrogen) atoms. The summed E-state index contributed by atoms with van der Waals surface area (Å²) in [6.07, 6.45) is 1.47. The summed E-state index contributed by atoms with van der Waals surface area (Å²) in [5.74, 6) is -2.52. The van der Waals surface area contributed by atoms with Crippen LogP contribution in [0.1, 0.15) is 45.3 Å². The van der Waals surface area contributed by atoms with Gasteiger partial charge in [0.1, 0.15) is 24.4 Å². The fourth-order valence-corrected chi connectivity index (χ4v) is 6.55. The maximum absolute atomic E-state index is 13.2. The van der Waals surface area contributed by atoms with E-state index in [1.807, 2.05) is 0 Å². The third-order valence-electron chi connectivity index (χ3n) is 6.67. The number of sulfonamides is 2. The first-order valence-corrected chi connectivity index (χ1v) is 17.2. The monoisotopic (exact) mass is 656 g/mol. The van der Waals surface area contributed by atoms with Crippen LogP contribution in [0.4, 0.5) is 11.4 Å². The number of aliphatic hydroxyl groups is 1. The Bertz CT molecular complexity index is 1530. The molecule has 2 aromatic rings. The van der Waals surface area contributed by atoms with Gasteiger partial charge in [-0.15, -0.1) is 0 Å². The second-order valence-corrected chi connectivity index (χ2v) is 15.3. The van der Waals surface area contributed by atoms with Gasteiger partial charge in [-0.3, -0.25) is 14.3 Å². The van der Waals surface area contributed by atoms with Gasteiger partial charge in [0.25, 0.3) is 0 Å². The summed E-state index contributed by atoms with van der Waals surface area (Å²) < 4.78 is 57.4. The molecule has 1 fully saturated rings. The smallest absolute Gasteiger partial charge is 0.321 e. The number of piperidine rings is 1. The van der Waals surface area contributed by atoms with E-state index in [4.69, 9.17) is 4.74 Å². The first kappa shape index (κ1) is 35.0. The average Bonchev–Trinajstić information content (AvgIpc) is 2.91. The number of carbonyl (C=O) groups is 2. The molecule has 0 aliphatic carbocycles. The zero-order valence-electron chi connectivity index (χ0n) is 25.1. The highest BCUT2D eigenvalue weighted by atomic mass is 32.2. The van der Waals surface area contributed by atoms with E-state index >= 15 is 0 Å². The Morgan fingerprint density at radius 3 is 2.20 bits per heavy atom. The van der Waals surface area contributed by atoms with E-state index in [1.54, 1.807) is 32.9 Å². The van der Waals surface area contributed by atoms with Gasteiger partial charge in [0.2, 0.25) is 20.0 Å². The van der Waals surface area contributed by atoms with Gasteiger partial charge in [0.15, 0.2) is 0 Å². The second-order valence-electron chi connectivity index (χ2n) is 11.6. The largest absolute Gasteiger partial charge is 0.506 e. The van der Waals surface area contributed by atoms with Crippen molar-refractivity contribution in [1.29, 1.82) is 0 Å². The number of carboxylic acid groups (broad SMARTS) is 1. The number of benzene rings is 2. The molecule has 2 aromatic carbocycles. The van der Waals surface area contributed by atoms with E-state index in [0.717, 1.165) is 24.8 Å². The molecule has 0 spiro atoms. The third kappa shape index (κ3) is 10.3. The molecule has 16 heteroatoms. The zero-order valence-corrected chi connectivity index (χ0v) is 26.7. The van der Waals surface area contributed by atoms with E-state index in [0.29, 0.717) is 23.0 Å². The number of nitrogens with zero attached hydrogens (tertiary/aromatic N) is 2. The van der Waals surface area contributed by atoms with Gasteiger partial charge >= 0.3 is 11.9 Å². The van der Waals surface area contributed by atoms with Crippen LogP contribution in [-0.4, -0.2) is 99.0 Å². The molecule has 0 unspecified atom stereocenters. The average molecular weight is 657 g/mol. The van der Waals surface area contributed by atoms with Gasteiger partial charge in [-0.2, -0.15) is 4.31 Å². The maximum atomic E-state index is 13.2. The lowest BCUT2D eigenvalue weighted by molar-refractivity contribution is -0.155. The van der Waals surface area contributed by atoms with Crippen LogP contribution in [0.3, 0.4) is 0 Å². The molecule has 244 valence electrons. The van der Waals surface area contributed by atoms with Crippen molar-refractivity contribution in [3.8, 4) is 5.75 Å². The first-order chi connectivity index (χ1) is 20.3. The molecule has 0 saturated carbocycles. The van der Waals surface area contributed by atoms with Crippen LogP contribution in [0.2, 0.25) is 0 Å². The Hall–Kier alpha value is -3.44. The number of hydrogen-bond donors (Lipinski definition) is 5. The van der Waals surface area contributed by atoms with Crippen molar-refractivity contribution in [2.45, 2.75) is 56.3 Å². The highest BCUT2D eigenvalue weighted by Gasteiger charge is 2.31. The topological polar surface area (TPSA) is 203 Å². The molecule has 1 heterocycles. The number of esters is 1. The molecule has 0 aromatic heterocycles. The van der Waals surface area contributed by atoms with Crippen molar-refractivity contribution < 1.29 is 46.5 Å². The number of anilines is 2. The van der Waals surface area contributed by atoms with E-state index in [1.165, 1.54) is 30.3 Å². The van der Waals surface area contributed by atoms with Gasteiger partial charge < -0.3 is 30.3 Å². The van der Waals surface area contributed by atoms with Crippen molar-refractivity contribution in [2.75, 3.05) is 48.6 Å². The Kier molecular flexibility index (Phi) is 11.2. The van der Waals surface area contributed by atoms with Crippen LogP contribution < -0.4 is 14.9 Å². The lowest BCUT2D eigenvalue weighted by atomic mass is 10.0. The Morgan fingerprint density at radius 2 is 1.66 bits per heavy atom. The highest BCUT2D eigenvalue weighted by molar-refractivity contribution is 7.92. The number of phenolic OH excluding ortho intramolecular Hbond substituents is 1. The molecule has 0 amide bonds. The van der Waals surface area contributed by atoms with Crippen LogP contribution in [0.15, 0.2) is 47.4 Å². The summed E-state index contributed by atoms with van der Waals surface area (Å²) in [4.78, 5) is 25.5. The minimum Gasteiger partial charge on any atom is -0.506 e. The normalized spacial score (nSPS) is 15.6. The van der Waals surface area contributed by atoms with Crippen molar-refractivity contribution >= 4 is 43.4 Å². The second kappa shape index (κ2) is 14.1. The predicted molar refractivity (Wildman–Crippen MR) is 163 cm³/mol. The van der Waals surface area contributed by atoms with Crippen molar-refractivity contribution in [1.82, 2.24) is 9.62 Å². The molecule has 0 bridgehead atoms. The number of hydrogen-bond acceptors (Lipinski definition) is 11. The number of rotatable bonds is 13. The summed E-state index contributed by atoms with van der Waals surface area (Å²) in [6.45, 7) is 4.72. The fourth-order valence-electron chi connectivity index (χ4n) is 4.65. The fraction of sp³-hybridized carbons (Fsp3) is 0.500. The zero-order chi connectivity index (χ0) is 32.9. The van der Waals surface area contributed by atoms with Crippen LogP contribution in [-0.2, 0) is 34.4 Å². The molecule has 0 radical (unpaired) electrons. The van der Waals surface area contributed by atoms with E-state index < -0.39 is 56.8 Å². The summed E-state index contributed by atoms with van der Waals surface area (Å²) in [5, 5.41) is 33.1. The lowest BCUT2D eigenvalue weighted by Gasteiger charge is -2.34. The van der Waals surface area contributed by atoms with Gasteiger partial charge in [0.05, 0.1) is 22.9 Å². The maximum Gasteiger partial charge on any atom is 0.321 e.